The Balaban J connectivity index is 1.76. The van der Waals surface area contributed by atoms with E-state index in [2.05, 4.69) is 17.5 Å². The second-order valence-electron chi connectivity index (χ2n) is 5.83. The Labute approximate surface area is 141 Å². The van der Waals surface area contributed by atoms with Crippen LogP contribution in [0.5, 0.6) is 5.75 Å². The predicted molar refractivity (Wildman–Crippen MR) is 92.8 cm³/mol. The molecule has 0 radical (unpaired) electrons. The van der Waals surface area contributed by atoms with Crippen LogP contribution in [0.25, 0.3) is 0 Å². The van der Waals surface area contributed by atoms with Gasteiger partial charge in [0.05, 0.1) is 12.0 Å². The van der Waals surface area contributed by atoms with Crippen LogP contribution in [0.15, 0.2) is 40.6 Å². The molecule has 1 aromatic carbocycles. The Hall–Kier alpha value is -1.37. The minimum absolute atomic E-state index is 0.382. The molecule has 3 rings (SSSR count). The van der Waals surface area contributed by atoms with Crippen molar-refractivity contribution in [2.24, 2.45) is 0 Å². The van der Waals surface area contributed by atoms with Gasteiger partial charge in [0.15, 0.2) is 0 Å². The van der Waals surface area contributed by atoms with Gasteiger partial charge in [-0.05, 0) is 60.9 Å². The molecule has 1 saturated heterocycles. The molecule has 0 atom stereocenters. The molecule has 2 heterocycles. The zero-order chi connectivity index (χ0) is 16.4. The highest BCUT2D eigenvalue weighted by molar-refractivity contribution is 7.89. The Bertz CT molecular complexity index is 761. The summed E-state index contributed by atoms with van der Waals surface area (Å²) in [6, 6.07) is 9.33. The molecule has 6 heteroatoms. The number of sulfonamides is 1. The van der Waals surface area contributed by atoms with E-state index in [4.69, 9.17) is 4.74 Å². The van der Waals surface area contributed by atoms with E-state index in [0.29, 0.717) is 29.7 Å². The summed E-state index contributed by atoms with van der Waals surface area (Å²) in [6.45, 7) is 2.97. The molecule has 1 aliphatic rings. The summed E-state index contributed by atoms with van der Waals surface area (Å²) in [7, 11) is -1.85. The Morgan fingerprint density at radius 1 is 1.22 bits per heavy atom. The Morgan fingerprint density at radius 2 is 1.96 bits per heavy atom. The summed E-state index contributed by atoms with van der Waals surface area (Å²) in [5.41, 5.74) is 0.727. The maximum Gasteiger partial charge on any atom is 0.243 e. The number of nitrogens with zero attached hydrogens (tertiary/aromatic N) is 1. The van der Waals surface area contributed by atoms with Gasteiger partial charge in [0, 0.05) is 18.0 Å². The number of piperidine rings is 1. The molecule has 0 unspecified atom stereocenters. The van der Waals surface area contributed by atoms with Gasteiger partial charge in [0.2, 0.25) is 10.0 Å². The molecule has 0 spiro atoms. The van der Waals surface area contributed by atoms with Crippen molar-refractivity contribution in [2.45, 2.75) is 30.6 Å². The molecule has 124 valence electrons. The van der Waals surface area contributed by atoms with Crippen LogP contribution < -0.4 is 4.74 Å². The van der Waals surface area contributed by atoms with E-state index in [1.165, 1.54) is 4.88 Å². The summed E-state index contributed by atoms with van der Waals surface area (Å²) in [5, 5.41) is 2.08. The van der Waals surface area contributed by atoms with Crippen molar-refractivity contribution < 1.29 is 13.2 Å². The van der Waals surface area contributed by atoms with Gasteiger partial charge in [0.1, 0.15) is 5.75 Å². The molecule has 0 bridgehead atoms. The van der Waals surface area contributed by atoms with Crippen LogP contribution in [0.4, 0.5) is 0 Å². The maximum atomic E-state index is 12.9. The maximum absolute atomic E-state index is 12.9. The smallest absolute Gasteiger partial charge is 0.243 e. The quantitative estimate of drug-likeness (QED) is 0.845. The van der Waals surface area contributed by atoms with Crippen molar-refractivity contribution in [2.75, 3.05) is 20.2 Å². The van der Waals surface area contributed by atoms with Crippen molar-refractivity contribution in [1.29, 1.82) is 0 Å². The third-order valence-electron chi connectivity index (χ3n) is 4.40. The van der Waals surface area contributed by atoms with Crippen molar-refractivity contribution in [3.05, 3.63) is 46.2 Å². The summed E-state index contributed by atoms with van der Waals surface area (Å²) < 4.78 is 32.6. The minimum Gasteiger partial charge on any atom is -0.497 e. The Morgan fingerprint density at radius 3 is 2.52 bits per heavy atom. The van der Waals surface area contributed by atoms with Crippen LogP contribution in [-0.2, 0) is 10.0 Å². The molecular formula is C17H21NO3S2. The molecule has 2 aromatic rings. The van der Waals surface area contributed by atoms with Crippen LogP contribution >= 0.6 is 11.3 Å². The molecule has 0 aliphatic carbocycles. The van der Waals surface area contributed by atoms with Crippen LogP contribution in [0.3, 0.4) is 0 Å². The van der Waals surface area contributed by atoms with Gasteiger partial charge in [-0.15, -0.1) is 11.3 Å². The van der Waals surface area contributed by atoms with E-state index in [1.54, 1.807) is 41.0 Å². The van der Waals surface area contributed by atoms with Gasteiger partial charge in [-0.1, -0.05) is 6.07 Å². The fraction of sp³-hybridized carbons (Fsp3) is 0.412. The lowest BCUT2D eigenvalue weighted by molar-refractivity contribution is 0.321. The third kappa shape index (κ3) is 3.29. The molecule has 1 aromatic heterocycles. The van der Waals surface area contributed by atoms with E-state index in [-0.39, 0.29) is 0 Å². The second-order valence-corrected chi connectivity index (χ2v) is 8.71. The first-order valence-corrected chi connectivity index (χ1v) is 10.0. The van der Waals surface area contributed by atoms with E-state index < -0.39 is 10.0 Å². The normalized spacial score (nSPS) is 17.3. The molecule has 1 fully saturated rings. The number of hydrogen-bond acceptors (Lipinski definition) is 4. The van der Waals surface area contributed by atoms with Gasteiger partial charge >= 0.3 is 0 Å². The van der Waals surface area contributed by atoms with Crippen LogP contribution in [-0.4, -0.2) is 32.9 Å². The molecule has 0 saturated carbocycles. The molecule has 1 aliphatic heterocycles. The predicted octanol–water partition coefficient (Wildman–Crippen LogP) is 3.63. The molecule has 0 N–H and O–H groups in total. The van der Waals surface area contributed by atoms with Gasteiger partial charge in [-0.2, -0.15) is 4.31 Å². The summed E-state index contributed by atoms with van der Waals surface area (Å²) in [6.07, 6.45) is 1.77. The SMILES string of the molecule is COc1ccc(S(=O)(=O)N2CCC(c3cccs3)CC2)c(C)c1. The fourth-order valence-electron chi connectivity index (χ4n) is 3.08. The lowest BCUT2D eigenvalue weighted by Gasteiger charge is -2.31. The lowest BCUT2D eigenvalue weighted by atomic mass is 9.97. The van der Waals surface area contributed by atoms with E-state index in [9.17, 15) is 8.42 Å². The zero-order valence-corrected chi connectivity index (χ0v) is 15.0. The first kappa shape index (κ1) is 16.5. The van der Waals surface area contributed by atoms with Gasteiger partial charge in [0.25, 0.3) is 0 Å². The average molecular weight is 351 g/mol. The molecule has 4 nitrogen and oxygen atoms in total. The van der Waals surface area contributed by atoms with Gasteiger partial charge in [-0.3, -0.25) is 0 Å². The topological polar surface area (TPSA) is 46.6 Å². The van der Waals surface area contributed by atoms with Crippen LogP contribution in [0.1, 0.15) is 29.2 Å². The minimum atomic E-state index is -3.43. The fourth-order valence-corrected chi connectivity index (χ4v) is 5.66. The van der Waals surface area contributed by atoms with E-state index in [1.807, 2.05) is 6.92 Å². The lowest BCUT2D eigenvalue weighted by Crippen LogP contribution is -2.38. The first-order chi connectivity index (χ1) is 11.0. The molecule has 23 heavy (non-hydrogen) atoms. The number of hydrogen-bond donors (Lipinski definition) is 0. The second kappa shape index (κ2) is 6.63. The summed E-state index contributed by atoms with van der Waals surface area (Å²) in [5.74, 6) is 1.16. The van der Waals surface area contributed by atoms with Crippen molar-refractivity contribution in [3.8, 4) is 5.75 Å². The average Bonchev–Trinajstić information content (AvgIpc) is 3.09. The highest BCUT2D eigenvalue weighted by Crippen LogP contribution is 2.33. The highest BCUT2D eigenvalue weighted by Gasteiger charge is 2.31. The number of ether oxygens (including phenoxy) is 1. The number of thiophene rings is 1. The zero-order valence-electron chi connectivity index (χ0n) is 13.4. The number of benzene rings is 1. The molecular weight excluding hydrogens is 330 g/mol. The van der Waals surface area contributed by atoms with Gasteiger partial charge in [-0.25, -0.2) is 8.42 Å². The monoisotopic (exact) mass is 351 g/mol. The van der Waals surface area contributed by atoms with Crippen molar-refractivity contribution >= 4 is 21.4 Å². The highest BCUT2D eigenvalue weighted by atomic mass is 32.2. The van der Waals surface area contributed by atoms with E-state index >= 15 is 0 Å². The standard InChI is InChI=1S/C17H21NO3S2/c1-13-12-15(21-2)5-6-17(13)23(19,20)18-9-7-14(8-10-18)16-4-3-11-22-16/h3-6,11-12,14H,7-10H2,1-2H3. The Kier molecular flexibility index (Phi) is 4.75. The van der Waals surface area contributed by atoms with Gasteiger partial charge < -0.3 is 4.74 Å². The van der Waals surface area contributed by atoms with Crippen LogP contribution in [0.2, 0.25) is 0 Å². The summed E-state index contributed by atoms with van der Waals surface area (Å²) in [4.78, 5) is 1.75. The number of methoxy groups -OCH3 is 1. The van der Waals surface area contributed by atoms with Crippen molar-refractivity contribution in [1.82, 2.24) is 4.31 Å². The van der Waals surface area contributed by atoms with Crippen molar-refractivity contribution in [3.63, 3.8) is 0 Å². The summed E-state index contributed by atoms with van der Waals surface area (Å²) >= 11 is 1.76. The first-order valence-electron chi connectivity index (χ1n) is 7.70. The number of aryl methyl sites for hydroxylation is 1. The third-order valence-corrected chi connectivity index (χ3v) is 7.49. The van der Waals surface area contributed by atoms with Crippen LogP contribution in [0, 0.1) is 6.92 Å². The van der Waals surface area contributed by atoms with E-state index in [0.717, 1.165) is 18.4 Å². The largest absolute Gasteiger partial charge is 0.497 e. The molecule has 0 amide bonds. The number of rotatable bonds is 4.